The molecule has 1 aliphatic heterocycles. The molecular formula is C20H24O4. The lowest BCUT2D eigenvalue weighted by Crippen LogP contribution is -2.29. The van der Waals surface area contributed by atoms with Gasteiger partial charge in [0.25, 0.3) is 0 Å². The van der Waals surface area contributed by atoms with Crippen LogP contribution >= 0.6 is 0 Å². The number of hydrogen-bond acceptors (Lipinski definition) is 4. The highest BCUT2D eigenvalue weighted by Crippen LogP contribution is 2.29. The van der Waals surface area contributed by atoms with Crippen LogP contribution in [0.5, 0.6) is 0 Å². The van der Waals surface area contributed by atoms with Gasteiger partial charge in [-0.1, -0.05) is 67.6 Å². The van der Waals surface area contributed by atoms with Crippen LogP contribution in [0.3, 0.4) is 0 Å². The average molecular weight is 328 g/mol. The highest BCUT2D eigenvalue weighted by atomic mass is 16.7. The second-order valence-corrected chi connectivity index (χ2v) is 6.19. The predicted molar refractivity (Wildman–Crippen MR) is 91.2 cm³/mol. The molecule has 4 atom stereocenters. The van der Waals surface area contributed by atoms with Gasteiger partial charge in [-0.15, -0.1) is 0 Å². The lowest BCUT2D eigenvalue weighted by molar-refractivity contribution is -0.152. The molecule has 0 aromatic heterocycles. The Balaban J connectivity index is 1.46. The molecule has 24 heavy (non-hydrogen) atoms. The fourth-order valence-corrected chi connectivity index (χ4v) is 2.91. The van der Waals surface area contributed by atoms with E-state index in [0.29, 0.717) is 19.8 Å². The molecule has 0 saturated carbocycles. The Morgan fingerprint density at radius 3 is 2.12 bits per heavy atom. The summed E-state index contributed by atoms with van der Waals surface area (Å²) in [4.78, 5) is 0. The third-order valence-corrected chi connectivity index (χ3v) is 4.38. The van der Waals surface area contributed by atoms with E-state index >= 15 is 0 Å². The first-order valence-corrected chi connectivity index (χ1v) is 8.35. The van der Waals surface area contributed by atoms with Crippen LogP contribution in [0, 0.1) is 5.92 Å². The van der Waals surface area contributed by atoms with Gasteiger partial charge in [-0.25, -0.2) is 0 Å². The number of rotatable bonds is 7. The fraction of sp³-hybridized carbons (Fsp3) is 0.400. The Labute approximate surface area is 143 Å². The maximum absolute atomic E-state index is 10.1. The molecule has 1 aliphatic rings. The van der Waals surface area contributed by atoms with Crippen LogP contribution in [0.1, 0.15) is 18.1 Å². The number of aliphatic hydroxyl groups excluding tert-OH is 1. The minimum Gasteiger partial charge on any atom is -0.374 e. The van der Waals surface area contributed by atoms with E-state index in [1.807, 2.05) is 67.6 Å². The number of hydrogen-bond donors (Lipinski definition) is 1. The predicted octanol–water partition coefficient (Wildman–Crippen LogP) is 3.14. The maximum atomic E-state index is 10.1. The standard InChI is InChI=1S/C20H24O4/c1-15-18(14-22-12-16-8-4-2-5-9-16)24-20(21)19(15)23-13-17-10-6-3-7-11-17/h2-11,15,18-21H,12-14H2,1H3/t15-,18-,19+,20?/m1/s1. The summed E-state index contributed by atoms with van der Waals surface area (Å²) in [6, 6.07) is 20.0. The summed E-state index contributed by atoms with van der Waals surface area (Å²) in [5, 5.41) is 10.1. The van der Waals surface area contributed by atoms with Crippen molar-refractivity contribution in [1.82, 2.24) is 0 Å². The molecule has 1 unspecified atom stereocenters. The number of benzene rings is 2. The zero-order chi connectivity index (χ0) is 16.8. The summed E-state index contributed by atoms with van der Waals surface area (Å²) in [5.74, 6) is 0.0690. The Morgan fingerprint density at radius 1 is 0.917 bits per heavy atom. The summed E-state index contributed by atoms with van der Waals surface area (Å²) < 4.78 is 17.2. The van der Waals surface area contributed by atoms with Gasteiger partial charge >= 0.3 is 0 Å². The van der Waals surface area contributed by atoms with Crippen LogP contribution in [0.15, 0.2) is 60.7 Å². The van der Waals surface area contributed by atoms with Crippen LogP contribution in [0.2, 0.25) is 0 Å². The summed E-state index contributed by atoms with van der Waals surface area (Å²) in [6.45, 7) is 3.48. The Hall–Kier alpha value is -1.72. The second kappa shape index (κ2) is 8.40. The van der Waals surface area contributed by atoms with Gasteiger partial charge in [-0.2, -0.15) is 0 Å². The summed E-state index contributed by atoms with van der Waals surface area (Å²) >= 11 is 0. The molecule has 1 fully saturated rings. The molecule has 0 spiro atoms. The van der Waals surface area contributed by atoms with Gasteiger partial charge < -0.3 is 19.3 Å². The molecule has 0 bridgehead atoms. The van der Waals surface area contributed by atoms with Crippen molar-refractivity contribution >= 4 is 0 Å². The third kappa shape index (κ3) is 4.42. The second-order valence-electron chi connectivity index (χ2n) is 6.19. The van der Waals surface area contributed by atoms with E-state index < -0.39 is 6.29 Å². The molecule has 0 amide bonds. The Morgan fingerprint density at radius 2 is 1.50 bits per heavy atom. The topological polar surface area (TPSA) is 47.9 Å². The van der Waals surface area contributed by atoms with E-state index in [-0.39, 0.29) is 18.1 Å². The van der Waals surface area contributed by atoms with Crippen LogP contribution in [-0.4, -0.2) is 30.2 Å². The highest BCUT2D eigenvalue weighted by molar-refractivity contribution is 5.14. The Bertz CT molecular complexity index is 602. The smallest absolute Gasteiger partial charge is 0.181 e. The molecule has 3 rings (SSSR count). The maximum Gasteiger partial charge on any atom is 0.181 e. The SMILES string of the molecule is C[C@H]1[C@H](OCc2ccccc2)C(O)O[C@@H]1COCc1ccccc1. The normalized spacial score (nSPS) is 26.6. The van der Waals surface area contributed by atoms with Crippen molar-refractivity contribution in [2.75, 3.05) is 6.61 Å². The van der Waals surface area contributed by atoms with Crippen LogP contribution in [0.25, 0.3) is 0 Å². The molecule has 2 aromatic rings. The number of aliphatic hydroxyl groups is 1. The average Bonchev–Trinajstić information content (AvgIpc) is 2.89. The summed E-state index contributed by atoms with van der Waals surface area (Å²) in [6.07, 6.45) is -1.41. The van der Waals surface area contributed by atoms with Gasteiger partial charge in [0.1, 0.15) is 6.10 Å². The molecule has 1 heterocycles. The molecule has 0 aliphatic carbocycles. The monoisotopic (exact) mass is 328 g/mol. The molecule has 128 valence electrons. The van der Waals surface area contributed by atoms with Gasteiger partial charge in [0.2, 0.25) is 0 Å². The van der Waals surface area contributed by atoms with E-state index in [2.05, 4.69) is 0 Å². The molecule has 0 radical (unpaired) electrons. The van der Waals surface area contributed by atoms with Crippen molar-refractivity contribution in [2.45, 2.75) is 38.6 Å². The minimum atomic E-state index is -0.908. The van der Waals surface area contributed by atoms with Gasteiger partial charge in [0.05, 0.1) is 25.9 Å². The van der Waals surface area contributed by atoms with E-state index in [4.69, 9.17) is 14.2 Å². The third-order valence-electron chi connectivity index (χ3n) is 4.38. The highest BCUT2D eigenvalue weighted by Gasteiger charge is 2.41. The van der Waals surface area contributed by atoms with Crippen molar-refractivity contribution < 1.29 is 19.3 Å². The quantitative estimate of drug-likeness (QED) is 0.848. The lowest BCUT2D eigenvalue weighted by atomic mass is 10.0. The molecule has 1 saturated heterocycles. The van der Waals surface area contributed by atoms with Gasteiger partial charge in [-0.3, -0.25) is 0 Å². The molecule has 1 N–H and O–H groups in total. The van der Waals surface area contributed by atoms with Gasteiger partial charge in [0.15, 0.2) is 6.29 Å². The minimum absolute atomic E-state index is 0.0690. The van der Waals surface area contributed by atoms with Crippen molar-refractivity contribution in [3.63, 3.8) is 0 Å². The van der Waals surface area contributed by atoms with Gasteiger partial charge in [-0.05, 0) is 11.1 Å². The summed E-state index contributed by atoms with van der Waals surface area (Å²) in [7, 11) is 0. The van der Waals surface area contributed by atoms with E-state index in [1.165, 1.54) is 0 Å². The van der Waals surface area contributed by atoms with Crippen LogP contribution < -0.4 is 0 Å². The van der Waals surface area contributed by atoms with Crippen molar-refractivity contribution in [2.24, 2.45) is 5.92 Å². The molecule has 2 aromatic carbocycles. The first kappa shape index (κ1) is 17.1. The van der Waals surface area contributed by atoms with Crippen molar-refractivity contribution in [1.29, 1.82) is 0 Å². The largest absolute Gasteiger partial charge is 0.374 e. The Kier molecular flexibility index (Phi) is 5.99. The molecular weight excluding hydrogens is 304 g/mol. The first-order chi connectivity index (χ1) is 11.7. The van der Waals surface area contributed by atoms with E-state index in [9.17, 15) is 5.11 Å². The van der Waals surface area contributed by atoms with E-state index in [1.54, 1.807) is 0 Å². The summed E-state index contributed by atoms with van der Waals surface area (Å²) in [5.41, 5.74) is 2.21. The van der Waals surface area contributed by atoms with E-state index in [0.717, 1.165) is 11.1 Å². The lowest BCUT2D eigenvalue weighted by Gasteiger charge is -2.19. The zero-order valence-electron chi connectivity index (χ0n) is 13.9. The fourth-order valence-electron chi connectivity index (χ4n) is 2.91. The number of ether oxygens (including phenoxy) is 3. The van der Waals surface area contributed by atoms with Crippen LogP contribution in [0.4, 0.5) is 0 Å². The molecule has 4 nitrogen and oxygen atoms in total. The zero-order valence-corrected chi connectivity index (χ0v) is 13.9. The van der Waals surface area contributed by atoms with Gasteiger partial charge in [0, 0.05) is 5.92 Å². The molecule has 4 heteroatoms. The first-order valence-electron chi connectivity index (χ1n) is 8.35. The van der Waals surface area contributed by atoms with Crippen molar-refractivity contribution in [3.8, 4) is 0 Å². The van der Waals surface area contributed by atoms with Crippen LogP contribution in [-0.2, 0) is 27.4 Å². The van der Waals surface area contributed by atoms with Crippen molar-refractivity contribution in [3.05, 3.63) is 71.8 Å².